The van der Waals surface area contributed by atoms with Gasteiger partial charge in [0, 0.05) is 15.8 Å². The maximum Gasteiger partial charge on any atom is 0.258 e. The number of carbonyl (C=O) groups is 1. The third kappa shape index (κ3) is 6.85. The Hall–Kier alpha value is -2.91. The van der Waals surface area contributed by atoms with Crippen LogP contribution in [0.3, 0.4) is 0 Å². The number of benzene rings is 3. The summed E-state index contributed by atoms with van der Waals surface area (Å²) in [6.45, 7) is -0.0383. The molecule has 0 aliphatic heterocycles. The molecule has 0 fully saturated rings. The summed E-state index contributed by atoms with van der Waals surface area (Å²) in [5, 5.41) is 13.6. The lowest BCUT2D eigenvalue weighted by molar-refractivity contribution is -0.123. The molecule has 7 nitrogen and oxygen atoms in total. The first kappa shape index (κ1) is 26.2. The van der Waals surface area contributed by atoms with Crippen molar-refractivity contribution in [3.05, 3.63) is 93.2 Å². The molecule has 0 radical (unpaired) electrons. The predicted octanol–water partition coefficient (Wildman–Crippen LogP) is 6.22. The number of rotatable bonds is 10. The van der Waals surface area contributed by atoms with Gasteiger partial charge in [-0.15, -0.1) is 10.2 Å². The average molecular weight is 564 g/mol. The number of thioether (sulfide) groups is 1. The molecule has 0 saturated heterocycles. The summed E-state index contributed by atoms with van der Waals surface area (Å²) >= 11 is 20.0. The summed E-state index contributed by atoms with van der Waals surface area (Å²) in [5.74, 6) is 2.14. The van der Waals surface area contributed by atoms with Crippen LogP contribution in [0.1, 0.15) is 11.4 Å². The molecule has 1 aromatic heterocycles. The van der Waals surface area contributed by atoms with Crippen LogP contribution in [-0.4, -0.2) is 34.4 Å². The second-order valence-corrected chi connectivity index (χ2v) is 9.71. The smallest absolute Gasteiger partial charge is 0.258 e. The van der Waals surface area contributed by atoms with Gasteiger partial charge < -0.3 is 14.8 Å². The van der Waals surface area contributed by atoms with Gasteiger partial charge in [0.1, 0.15) is 11.5 Å². The molecule has 0 aliphatic carbocycles. The Bertz CT molecular complexity index is 1350. The van der Waals surface area contributed by atoms with Gasteiger partial charge in [0.05, 0.1) is 24.4 Å². The first-order chi connectivity index (χ1) is 17.4. The SMILES string of the molecule is COc1cccc(CSc2nnc(CNC(=O)COc3ccc(Cl)cc3)n2-c2ccc(Cl)cc2Cl)c1. The highest BCUT2D eigenvalue weighted by molar-refractivity contribution is 7.98. The largest absolute Gasteiger partial charge is 0.497 e. The van der Waals surface area contributed by atoms with Gasteiger partial charge >= 0.3 is 0 Å². The summed E-state index contributed by atoms with van der Waals surface area (Å²) in [5.41, 5.74) is 1.71. The summed E-state index contributed by atoms with van der Waals surface area (Å²) < 4.78 is 12.6. The average Bonchev–Trinajstić information content (AvgIpc) is 3.28. The maximum atomic E-state index is 12.4. The van der Waals surface area contributed by atoms with Crippen LogP contribution in [0.4, 0.5) is 0 Å². The van der Waals surface area contributed by atoms with E-state index < -0.39 is 0 Å². The number of nitrogens with zero attached hydrogens (tertiary/aromatic N) is 3. The Balaban J connectivity index is 1.49. The van der Waals surface area contributed by atoms with Crippen LogP contribution in [0.2, 0.25) is 15.1 Å². The molecule has 1 heterocycles. The lowest BCUT2D eigenvalue weighted by Crippen LogP contribution is -2.29. The van der Waals surface area contributed by atoms with Crippen molar-refractivity contribution in [1.82, 2.24) is 20.1 Å². The zero-order chi connectivity index (χ0) is 25.5. The molecular formula is C25H21Cl3N4O3S. The van der Waals surface area contributed by atoms with Crippen molar-refractivity contribution in [3.8, 4) is 17.2 Å². The highest BCUT2D eigenvalue weighted by Crippen LogP contribution is 2.31. The number of carbonyl (C=O) groups excluding carboxylic acids is 1. The van der Waals surface area contributed by atoms with E-state index in [0.717, 1.165) is 11.3 Å². The fourth-order valence-electron chi connectivity index (χ4n) is 3.23. The van der Waals surface area contributed by atoms with E-state index in [0.29, 0.717) is 43.2 Å². The Labute approximate surface area is 227 Å². The van der Waals surface area contributed by atoms with Gasteiger partial charge in [0.15, 0.2) is 17.6 Å². The van der Waals surface area contributed by atoms with Crippen LogP contribution < -0.4 is 14.8 Å². The number of nitrogens with one attached hydrogen (secondary N) is 1. The van der Waals surface area contributed by atoms with E-state index >= 15 is 0 Å². The van der Waals surface area contributed by atoms with Crippen molar-refractivity contribution < 1.29 is 14.3 Å². The second kappa shape index (κ2) is 12.4. The molecule has 36 heavy (non-hydrogen) atoms. The molecule has 4 rings (SSSR count). The van der Waals surface area contributed by atoms with E-state index in [1.165, 1.54) is 11.8 Å². The number of hydrogen-bond acceptors (Lipinski definition) is 6. The molecule has 0 bridgehead atoms. The van der Waals surface area contributed by atoms with E-state index in [2.05, 4.69) is 15.5 Å². The van der Waals surface area contributed by atoms with E-state index in [1.807, 2.05) is 28.8 Å². The van der Waals surface area contributed by atoms with Crippen molar-refractivity contribution in [3.63, 3.8) is 0 Å². The maximum absolute atomic E-state index is 12.4. The first-order valence-corrected chi connectivity index (χ1v) is 12.9. The van der Waals surface area contributed by atoms with Crippen molar-refractivity contribution in [2.45, 2.75) is 17.5 Å². The van der Waals surface area contributed by atoms with Gasteiger partial charge in [-0.25, -0.2) is 0 Å². The van der Waals surface area contributed by atoms with E-state index in [9.17, 15) is 4.79 Å². The standard InChI is InChI=1S/C25H21Cl3N4O3S/c1-34-20-4-2-3-16(11-20)15-36-25-31-30-23(32(25)22-10-7-18(27)12-21(22)28)13-29-24(33)14-35-19-8-5-17(26)6-9-19/h2-12H,13-15H2,1H3,(H,29,33). The Morgan fingerprint density at radius 2 is 1.75 bits per heavy atom. The lowest BCUT2D eigenvalue weighted by atomic mass is 10.2. The quantitative estimate of drug-likeness (QED) is 0.231. The molecule has 0 spiro atoms. The Morgan fingerprint density at radius 3 is 2.50 bits per heavy atom. The molecular weight excluding hydrogens is 543 g/mol. The predicted molar refractivity (Wildman–Crippen MR) is 143 cm³/mol. The van der Waals surface area contributed by atoms with Crippen LogP contribution in [-0.2, 0) is 17.1 Å². The monoisotopic (exact) mass is 562 g/mol. The van der Waals surface area contributed by atoms with Gasteiger partial charge in [0.25, 0.3) is 5.91 Å². The zero-order valence-electron chi connectivity index (χ0n) is 19.1. The minimum atomic E-state index is -0.313. The fourth-order valence-corrected chi connectivity index (χ4v) is 4.76. The summed E-state index contributed by atoms with van der Waals surface area (Å²) in [6.07, 6.45) is 0. The first-order valence-electron chi connectivity index (χ1n) is 10.7. The van der Waals surface area contributed by atoms with E-state index in [1.54, 1.807) is 49.6 Å². The topological polar surface area (TPSA) is 78.3 Å². The normalized spacial score (nSPS) is 10.8. The van der Waals surface area contributed by atoms with Crippen molar-refractivity contribution in [2.75, 3.05) is 13.7 Å². The third-order valence-electron chi connectivity index (χ3n) is 4.98. The Morgan fingerprint density at radius 1 is 0.972 bits per heavy atom. The summed E-state index contributed by atoms with van der Waals surface area (Å²) in [6, 6.07) is 19.7. The van der Waals surface area contributed by atoms with Crippen LogP contribution in [0, 0.1) is 0 Å². The van der Waals surface area contributed by atoms with Crippen LogP contribution in [0.15, 0.2) is 71.9 Å². The number of methoxy groups -OCH3 is 1. The van der Waals surface area contributed by atoms with Crippen LogP contribution >= 0.6 is 46.6 Å². The molecule has 4 aromatic rings. The molecule has 0 atom stereocenters. The minimum absolute atomic E-state index is 0.120. The molecule has 11 heteroatoms. The second-order valence-electron chi connectivity index (χ2n) is 7.49. The highest BCUT2D eigenvalue weighted by Gasteiger charge is 2.18. The minimum Gasteiger partial charge on any atom is -0.497 e. The van der Waals surface area contributed by atoms with Crippen molar-refractivity contribution in [2.24, 2.45) is 0 Å². The van der Waals surface area contributed by atoms with Crippen molar-refractivity contribution >= 4 is 52.5 Å². The summed E-state index contributed by atoms with van der Waals surface area (Å²) in [7, 11) is 1.63. The third-order valence-corrected chi connectivity index (χ3v) is 6.77. The van der Waals surface area contributed by atoms with Gasteiger partial charge in [-0.1, -0.05) is 58.7 Å². The van der Waals surface area contributed by atoms with Gasteiger partial charge in [0.2, 0.25) is 0 Å². The molecule has 0 unspecified atom stereocenters. The lowest BCUT2D eigenvalue weighted by Gasteiger charge is -2.13. The number of amides is 1. The van der Waals surface area contributed by atoms with Gasteiger partial charge in [-0.05, 0) is 60.2 Å². The number of aromatic nitrogens is 3. The van der Waals surface area contributed by atoms with Crippen LogP contribution in [0.25, 0.3) is 5.69 Å². The van der Waals surface area contributed by atoms with E-state index in [4.69, 9.17) is 44.3 Å². The summed E-state index contributed by atoms with van der Waals surface area (Å²) in [4.78, 5) is 12.4. The van der Waals surface area contributed by atoms with Gasteiger partial charge in [-0.3, -0.25) is 9.36 Å². The number of ether oxygens (including phenoxy) is 2. The molecule has 186 valence electrons. The fraction of sp³-hybridized carbons (Fsp3) is 0.160. The number of hydrogen-bond donors (Lipinski definition) is 1. The highest BCUT2D eigenvalue weighted by atomic mass is 35.5. The Kier molecular flexibility index (Phi) is 8.98. The van der Waals surface area contributed by atoms with Crippen molar-refractivity contribution in [1.29, 1.82) is 0 Å². The van der Waals surface area contributed by atoms with Gasteiger partial charge in [-0.2, -0.15) is 0 Å². The molecule has 3 aromatic carbocycles. The zero-order valence-corrected chi connectivity index (χ0v) is 22.2. The number of halogens is 3. The molecule has 1 amide bonds. The van der Waals surface area contributed by atoms with E-state index in [-0.39, 0.29) is 19.1 Å². The molecule has 0 saturated carbocycles. The molecule has 1 N–H and O–H groups in total. The van der Waals surface area contributed by atoms with Crippen LogP contribution in [0.5, 0.6) is 11.5 Å². The molecule has 0 aliphatic rings.